The Morgan fingerprint density at radius 1 is 1.36 bits per heavy atom. The molecule has 0 bridgehead atoms. The minimum atomic E-state index is -0.370. The van der Waals surface area contributed by atoms with Gasteiger partial charge in [-0.15, -0.1) is 0 Å². The average molecular weight is 301 g/mol. The van der Waals surface area contributed by atoms with Crippen LogP contribution in [0.4, 0.5) is 4.39 Å². The third kappa shape index (κ3) is 2.90. The fraction of sp³-hybridized carbons (Fsp3) is 0.312. The first-order valence-electron chi connectivity index (χ1n) is 7.15. The van der Waals surface area contributed by atoms with E-state index in [0.717, 1.165) is 24.1 Å². The van der Waals surface area contributed by atoms with Crippen molar-refractivity contribution in [2.45, 2.75) is 25.3 Å². The van der Waals surface area contributed by atoms with Crippen LogP contribution in [-0.2, 0) is 19.9 Å². The van der Waals surface area contributed by atoms with Gasteiger partial charge in [0, 0.05) is 24.7 Å². The van der Waals surface area contributed by atoms with Crippen molar-refractivity contribution in [2.24, 2.45) is 7.05 Å². The SMILES string of the molecule is Cn1nc2c(cc1=O)CC(NC(=O)c1ccc(F)cc1)CC2. The highest BCUT2D eigenvalue weighted by Gasteiger charge is 2.22. The van der Waals surface area contributed by atoms with Gasteiger partial charge in [0.25, 0.3) is 11.5 Å². The van der Waals surface area contributed by atoms with Gasteiger partial charge in [0.2, 0.25) is 0 Å². The molecule has 1 atom stereocenters. The van der Waals surface area contributed by atoms with Gasteiger partial charge in [-0.2, -0.15) is 5.10 Å². The number of benzene rings is 1. The first-order valence-corrected chi connectivity index (χ1v) is 7.15. The van der Waals surface area contributed by atoms with Gasteiger partial charge in [-0.1, -0.05) is 0 Å². The van der Waals surface area contributed by atoms with E-state index in [-0.39, 0.29) is 23.3 Å². The first-order chi connectivity index (χ1) is 10.5. The molecule has 0 saturated heterocycles. The Morgan fingerprint density at radius 2 is 2.09 bits per heavy atom. The molecule has 0 saturated carbocycles. The second-order valence-corrected chi connectivity index (χ2v) is 5.50. The molecule has 5 nitrogen and oxygen atoms in total. The molecule has 1 unspecified atom stereocenters. The molecule has 1 aliphatic carbocycles. The Hall–Kier alpha value is -2.50. The number of carbonyl (C=O) groups excluding carboxylic acids is 1. The number of aromatic nitrogens is 2. The number of rotatable bonds is 2. The minimum absolute atomic E-state index is 0.0426. The first kappa shape index (κ1) is 14.4. The van der Waals surface area contributed by atoms with Crippen molar-refractivity contribution in [1.29, 1.82) is 0 Å². The quantitative estimate of drug-likeness (QED) is 0.907. The van der Waals surface area contributed by atoms with Crippen LogP contribution in [0.15, 0.2) is 35.1 Å². The summed E-state index contributed by atoms with van der Waals surface area (Å²) >= 11 is 0. The van der Waals surface area contributed by atoms with E-state index in [0.29, 0.717) is 12.0 Å². The van der Waals surface area contributed by atoms with Crippen LogP contribution in [0.1, 0.15) is 28.0 Å². The number of hydrogen-bond donors (Lipinski definition) is 1. The van der Waals surface area contributed by atoms with Crippen LogP contribution in [0.2, 0.25) is 0 Å². The normalized spacial score (nSPS) is 16.9. The molecule has 1 aromatic heterocycles. The number of halogens is 1. The highest BCUT2D eigenvalue weighted by Crippen LogP contribution is 2.18. The summed E-state index contributed by atoms with van der Waals surface area (Å²) in [6, 6.07) is 6.98. The van der Waals surface area contributed by atoms with E-state index >= 15 is 0 Å². The van der Waals surface area contributed by atoms with E-state index in [4.69, 9.17) is 0 Å². The predicted molar refractivity (Wildman–Crippen MR) is 79.2 cm³/mol. The molecule has 0 aliphatic heterocycles. The van der Waals surface area contributed by atoms with E-state index < -0.39 is 0 Å². The maximum Gasteiger partial charge on any atom is 0.266 e. The number of nitrogens with one attached hydrogen (secondary N) is 1. The molecule has 0 radical (unpaired) electrons. The third-order valence-electron chi connectivity index (χ3n) is 3.90. The van der Waals surface area contributed by atoms with Crippen LogP contribution in [0, 0.1) is 5.82 Å². The lowest BCUT2D eigenvalue weighted by molar-refractivity contribution is 0.0933. The van der Waals surface area contributed by atoms with E-state index in [1.54, 1.807) is 13.1 Å². The van der Waals surface area contributed by atoms with Crippen molar-refractivity contribution >= 4 is 5.91 Å². The van der Waals surface area contributed by atoms with Crippen LogP contribution < -0.4 is 10.9 Å². The second-order valence-electron chi connectivity index (χ2n) is 5.50. The molecule has 1 aromatic carbocycles. The van der Waals surface area contributed by atoms with Gasteiger partial charge in [-0.05, 0) is 49.1 Å². The van der Waals surface area contributed by atoms with Gasteiger partial charge in [-0.3, -0.25) is 9.59 Å². The van der Waals surface area contributed by atoms with Crippen LogP contribution >= 0.6 is 0 Å². The Kier molecular flexibility index (Phi) is 3.75. The molecular formula is C16H16FN3O2. The molecule has 0 spiro atoms. The molecule has 114 valence electrons. The fourth-order valence-corrected chi connectivity index (χ4v) is 2.68. The molecule has 1 heterocycles. The van der Waals surface area contributed by atoms with Crippen molar-refractivity contribution in [3.63, 3.8) is 0 Å². The summed E-state index contributed by atoms with van der Waals surface area (Å²) in [4.78, 5) is 23.8. The number of amides is 1. The Morgan fingerprint density at radius 3 is 2.82 bits per heavy atom. The van der Waals surface area contributed by atoms with Gasteiger partial charge in [0.05, 0.1) is 5.69 Å². The molecule has 6 heteroatoms. The summed E-state index contributed by atoms with van der Waals surface area (Å²) in [5.41, 5.74) is 2.08. The Labute approximate surface area is 126 Å². The predicted octanol–water partition coefficient (Wildman–Crippen LogP) is 1.21. The zero-order valence-corrected chi connectivity index (χ0v) is 12.2. The van der Waals surface area contributed by atoms with Gasteiger partial charge in [0.15, 0.2) is 0 Å². The van der Waals surface area contributed by atoms with Crippen LogP contribution in [0.25, 0.3) is 0 Å². The zero-order valence-electron chi connectivity index (χ0n) is 12.2. The van der Waals surface area contributed by atoms with Crippen LogP contribution in [0.5, 0.6) is 0 Å². The average Bonchev–Trinajstić information content (AvgIpc) is 2.49. The van der Waals surface area contributed by atoms with Gasteiger partial charge in [0.1, 0.15) is 5.82 Å². The molecule has 3 rings (SSSR count). The highest BCUT2D eigenvalue weighted by atomic mass is 19.1. The largest absolute Gasteiger partial charge is 0.349 e. The van der Waals surface area contributed by atoms with Crippen molar-refractivity contribution < 1.29 is 9.18 Å². The van der Waals surface area contributed by atoms with Crippen molar-refractivity contribution in [2.75, 3.05) is 0 Å². The number of carbonyl (C=O) groups is 1. The Balaban J connectivity index is 1.72. The summed E-state index contributed by atoms with van der Waals surface area (Å²) in [7, 11) is 1.63. The van der Waals surface area contributed by atoms with Gasteiger partial charge >= 0.3 is 0 Å². The van der Waals surface area contributed by atoms with Crippen LogP contribution in [0.3, 0.4) is 0 Å². The van der Waals surface area contributed by atoms with Crippen molar-refractivity contribution in [3.05, 3.63) is 63.3 Å². The molecule has 1 aliphatic rings. The number of fused-ring (bicyclic) bond motifs is 1. The van der Waals surface area contributed by atoms with Crippen molar-refractivity contribution in [1.82, 2.24) is 15.1 Å². The minimum Gasteiger partial charge on any atom is -0.349 e. The standard InChI is InChI=1S/C16H16FN3O2/c1-20-15(21)9-11-8-13(6-7-14(11)19-20)18-16(22)10-2-4-12(17)5-3-10/h2-5,9,13H,6-8H2,1H3,(H,18,22). The molecule has 2 aromatic rings. The molecule has 1 N–H and O–H groups in total. The van der Waals surface area contributed by atoms with Crippen molar-refractivity contribution in [3.8, 4) is 0 Å². The lowest BCUT2D eigenvalue weighted by Gasteiger charge is -2.24. The fourth-order valence-electron chi connectivity index (χ4n) is 2.68. The zero-order chi connectivity index (χ0) is 15.7. The maximum atomic E-state index is 12.9. The van der Waals surface area contributed by atoms with E-state index in [1.165, 1.54) is 28.9 Å². The lowest BCUT2D eigenvalue weighted by atomic mass is 9.92. The second kappa shape index (κ2) is 5.71. The summed E-state index contributed by atoms with van der Waals surface area (Å²) in [6.45, 7) is 0. The number of nitrogens with zero attached hydrogens (tertiary/aromatic N) is 2. The number of aryl methyl sites for hydroxylation is 2. The summed E-state index contributed by atoms with van der Waals surface area (Å²) in [5, 5.41) is 7.18. The monoisotopic (exact) mass is 301 g/mol. The van der Waals surface area contributed by atoms with Crippen LogP contribution in [-0.4, -0.2) is 21.7 Å². The molecular weight excluding hydrogens is 285 g/mol. The lowest BCUT2D eigenvalue weighted by Crippen LogP contribution is -2.40. The molecule has 22 heavy (non-hydrogen) atoms. The topological polar surface area (TPSA) is 64.0 Å². The Bertz CT molecular complexity index is 768. The molecule has 1 amide bonds. The van der Waals surface area contributed by atoms with E-state index in [2.05, 4.69) is 10.4 Å². The van der Waals surface area contributed by atoms with E-state index in [9.17, 15) is 14.0 Å². The molecule has 0 fully saturated rings. The van der Waals surface area contributed by atoms with E-state index in [1.807, 2.05) is 0 Å². The van der Waals surface area contributed by atoms with Gasteiger partial charge in [-0.25, -0.2) is 9.07 Å². The summed E-state index contributed by atoms with van der Waals surface area (Å²) < 4.78 is 14.2. The maximum absolute atomic E-state index is 12.9. The van der Waals surface area contributed by atoms with Gasteiger partial charge < -0.3 is 5.32 Å². The highest BCUT2D eigenvalue weighted by molar-refractivity contribution is 5.94. The number of hydrogen-bond acceptors (Lipinski definition) is 3. The third-order valence-corrected chi connectivity index (χ3v) is 3.90. The summed E-state index contributed by atoms with van der Waals surface area (Å²) in [5.74, 6) is -0.602. The summed E-state index contributed by atoms with van der Waals surface area (Å²) in [6.07, 6.45) is 2.08. The smallest absolute Gasteiger partial charge is 0.266 e.